The third kappa shape index (κ3) is 2.80. The molecular weight excluding hydrogens is 214 g/mol. The predicted molar refractivity (Wildman–Crippen MR) is 73.3 cm³/mol. The quantitative estimate of drug-likeness (QED) is 0.813. The zero-order valence-corrected chi connectivity index (χ0v) is 11.0. The molecule has 0 heterocycles. The van der Waals surface area contributed by atoms with E-state index >= 15 is 0 Å². The highest BCUT2D eigenvalue weighted by Gasteiger charge is 2.24. The number of nitrogens with one attached hydrogen (secondary N) is 1. The Morgan fingerprint density at radius 3 is 3.00 bits per heavy atom. The Morgan fingerprint density at radius 2 is 2.25 bits per heavy atom. The van der Waals surface area contributed by atoms with Crippen LogP contribution in [0, 0.1) is 5.92 Å². The summed E-state index contributed by atoms with van der Waals surface area (Å²) in [7, 11) is 0. The topological polar surface area (TPSA) is 12.0 Å². The lowest BCUT2D eigenvalue weighted by molar-refractivity contribution is 0.495. The zero-order valence-electron chi connectivity index (χ0n) is 10.2. The molecule has 88 valence electrons. The highest BCUT2D eigenvalue weighted by molar-refractivity contribution is 7.98. The van der Waals surface area contributed by atoms with Crippen molar-refractivity contribution in [3.63, 3.8) is 0 Å². The molecule has 0 radical (unpaired) electrons. The molecule has 0 fully saturated rings. The summed E-state index contributed by atoms with van der Waals surface area (Å²) in [5.74, 6) is 2.80. The van der Waals surface area contributed by atoms with Gasteiger partial charge in [0.1, 0.15) is 0 Å². The maximum Gasteiger partial charge on any atom is 0.00235 e. The fourth-order valence-corrected chi connectivity index (χ4v) is 3.08. The summed E-state index contributed by atoms with van der Waals surface area (Å²) in [5.41, 5.74) is 3.11. The van der Waals surface area contributed by atoms with Gasteiger partial charge in [-0.25, -0.2) is 0 Å². The maximum atomic E-state index is 3.60. The van der Waals surface area contributed by atoms with Crippen LogP contribution in [0.5, 0.6) is 0 Å². The SMILES string of the molecule is CSCC(C)CNCC1Cc2ccccc21. The van der Waals surface area contributed by atoms with E-state index in [4.69, 9.17) is 0 Å². The second kappa shape index (κ2) is 5.74. The normalized spacial score (nSPS) is 20.0. The van der Waals surface area contributed by atoms with Crippen molar-refractivity contribution in [3.05, 3.63) is 35.4 Å². The van der Waals surface area contributed by atoms with E-state index in [2.05, 4.69) is 42.8 Å². The van der Waals surface area contributed by atoms with Gasteiger partial charge in [-0.2, -0.15) is 11.8 Å². The minimum atomic E-state index is 0.762. The highest BCUT2D eigenvalue weighted by atomic mass is 32.2. The van der Waals surface area contributed by atoms with Gasteiger partial charge in [-0.1, -0.05) is 31.2 Å². The standard InChI is InChI=1S/C14H21NS/c1-11(10-16-2)8-15-9-13-7-12-5-3-4-6-14(12)13/h3-6,11,13,15H,7-10H2,1-2H3. The van der Waals surface area contributed by atoms with Crippen molar-refractivity contribution in [3.8, 4) is 0 Å². The molecule has 2 atom stereocenters. The van der Waals surface area contributed by atoms with Crippen molar-refractivity contribution < 1.29 is 0 Å². The fourth-order valence-electron chi connectivity index (χ4n) is 2.39. The fraction of sp³-hybridized carbons (Fsp3) is 0.571. The van der Waals surface area contributed by atoms with Gasteiger partial charge in [0.05, 0.1) is 0 Å². The Balaban J connectivity index is 1.70. The van der Waals surface area contributed by atoms with E-state index in [1.54, 1.807) is 11.1 Å². The molecule has 0 aliphatic heterocycles. The van der Waals surface area contributed by atoms with E-state index in [0.717, 1.165) is 24.9 Å². The lowest BCUT2D eigenvalue weighted by Gasteiger charge is -2.30. The lowest BCUT2D eigenvalue weighted by Crippen LogP contribution is -2.32. The van der Waals surface area contributed by atoms with Gasteiger partial charge in [-0.05, 0) is 42.0 Å². The second-order valence-electron chi connectivity index (χ2n) is 4.82. The van der Waals surface area contributed by atoms with E-state index in [-0.39, 0.29) is 0 Å². The summed E-state index contributed by atoms with van der Waals surface area (Å²) in [6.07, 6.45) is 3.44. The van der Waals surface area contributed by atoms with Crippen molar-refractivity contribution in [1.29, 1.82) is 0 Å². The van der Waals surface area contributed by atoms with Gasteiger partial charge >= 0.3 is 0 Å². The van der Waals surface area contributed by atoms with E-state index in [9.17, 15) is 0 Å². The molecule has 2 unspecified atom stereocenters. The first-order valence-corrected chi connectivity index (χ1v) is 7.48. The first-order chi connectivity index (χ1) is 7.81. The van der Waals surface area contributed by atoms with Gasteiger partial charge < -0.3 is 5.32 Å². The molecule has 1 aromatic carbocycles. The van der Waals surface area contributed by atoms with Crippen LogP contribution in [-0.4, -0.2) is 25.1 Å². The van der Waals surface area contributed by atoms with Gasteiger partial charge in [0.15, 0.2) is 0 Å². The average molecular weight is 235 g/mol. The van der Waals surface area contributed by atoms with Crippen LogP contribution in [0.1, 0.15) is 24.0 Å². The van der Waals surface area contributed by atoms with Crippen LogP contribution in [0.15, 0.2) is 24.3 Å². The molecule has 16 heavy (non-hydrogen) atoms. The van der Waals surface area contributed by atoms with Crippen LogP contribution in [0.4, 0.5) is 0 Å². The van der Waals surface area contributed by atoms with E-state index in [1.165, 1.54) is 12.2 Å². The van der Waals surface area contributed by atoms with Crippen LogP contribution in [0.3, 0.4) is 0 Å². The first kappa shape index (κ1) is 12.0. The summed E-state index contributed by atoms with van der Waals surface area (Å²) in [5, 5.41) is 3.60. The Labute approximate surface area is 103 Å². The molecule has 1 nitrogen and oxygen atoms in total. The first-order valence-electron chi connectivity index (χ1n) is 6.08. The molecule has 1 N–H and O–H groups in total. The van der Waals surface area contributed by atoms with Crippen LogP contribution in [0.25, 0.3) is 0 Å². The smallest absolute Gasteiger partial charge is 0.00235 e. The third-order valence-electron chi connectivity index (χ3n) is 3.30. The largest absolute Gasteiger partial charge is 0.316 e. The number of benzene rings is 1. The molecule has 2 rings (SSSR count). The summed E-state index contributed by atoms with van der Waals surface area (Å²) in [6, 6.07) is 8.82. The number of fused-ring (bicyclic) bond motifs is 1. The molecule has 1 aliphatic carbocycles. The van der Waals surface area contributed by atoms with Crippen LogP contribution in [0.2, 0.25) is 0 Å². The van der Waals surface area contributed by atoms with Crippen LogP contribution < -0.4 is 5.32 Å². The maximum absolute atomic E-state index is 3.60. The summed E-state index contributed by atoms with van der Waals surface area (Å²) >= 11 is 1.94. The molecule has 0 amide bonds. The monoisotopic (exact) mass is 235 g/mol. The molecule has 1 aliphatic rings. The van der Waals surface area contributed by atoms with Gasteiger partial charge in [-0.3, -0.25) is 0 Å². The molecule has 1 aromatic rings. The molecule has 0 saturated heterocycles. The molecule has 0 aromatic heterocycles. The zero-order chi connectivity index (χ0) is 11.4. The minimum absolute atomic E-state index is 0.762. The second-order valence-corrected chi connectivity index (χ2v) is 5.73. The van der Waals surface area contributed by atoms with E-state index in [0.29, 0.717) is 0 Å². The van der Waals surface area contributed by atoms with Crippen molar-refractivity contribution in [1.82, 2.24) is 5.32 Å². The average Bonchev–Trinajstić information content (AvgIpc) is 2.25. The molecular formula is C14H21NS. The molecule has 0 saturated carbocycles. The van der Waals surface area contributed by atoms with Crippen molar-refractivity contribution in [2.45, 2.75) is 19.3 Å². The number of thioether (sulfide) groups is 1. The Bertz CT molecular complexity index is 337. The molecule has 0 bridgehead atoms. The van der Waals surface area contributed by atoms with Gasteiger partial charge in [-0.15, -0.1) is 0 Å². The minimum Gasteiger partial charge on any atom is -0.316 e. The van der Waals surface area contributed by atoms with Crippen molar-refractivity contribution >= 4 is 11.8 Å². The van der Waals surface area contributed by atoms with Crippen LogP contribution >= 0.6 is 11.8 Å². The van der Waals surface area contributed by atoms with Crippen molar-refractivity contribution in [2.75, 3.05) is 25.1 Å². The number of hydrogen-bond donors (Lipinski definition) is 1. The Morgan fingerprint density at radius 1 is 1.44 bits per heavy atom. The van der Waals surface area contributed by atoms with Gasteiger partial charge in [0, 0.05) is 12.5 Å². The Kier molecular flexibility index (Phi) is 4.30. The summed E-state index contributed by atoms with van der Waals surface area (Å²) < 4.78 is 0. The van der Waals surface area contributed by atoms with Gasteiger partial charge in [0.2, 0.25) is 0 Å². The lowest BCUT2D eigenvalue weighted by atomic mass is 9.77. The van der Waals surface area contributed by atoms with Gasteiger partial charge in [0.25, 0.3) is 0 Å². The van der Waals surface area contributed by atoms with Crippen molar-refractivity contribution in [2.24, 2.45) is 5.92 Å². The molecule has 0 spiro atoms. The Hall–Kier alpha value is -0.470. The van der Waals surface area contributed by atoms with E-state index in [1.807, 2.05) is 11.8 Å². The number of hydrogen-bond acceptors (Lipinski definition) is 2. The summed E-state index contributed by atoms with van der Waals surface area (Å²) in [4.78, 5) is 0. The van der Waals surface area contributed by atoms with Crippen LogP contribution in [-0.2, 0) is 6.42 Å². The molecule has 2 heteroatoms. The number of rotatable bonds is 6. The summed E-state index contributed by atoms with van der Waals surface area (Å²) in [6.45, 7) is 4.62. The van der Waals surface area contributed by atoms with E-state index < -0.39 is 0 Å². The highest BCUT2D eigenvalue weighted by Crippen LogP contribution is 2.33. The third-order valence-corrected chi connectivity index (χ3v) is 4.20. The predicted octanol–water partition coefficient (Wildman–Crippen LogP) is 2.92.